The minimum atomic E-state index is -0.215. The molecule has 0 unspecified atom stereocenters. The minimum Gasteiger partial charge on any atom is -0.490 e. The molecule has 1 aliphatic rings. The molecule has 0 atom stereocenters. The summed E-state index contributed by atoms with van der Waals surface area (Å²) in [5.41, 5.74) is 0. The summed E-state index contributed by atoms with van der Waals surface area (Å²) in [5.74, 6) is 0.560. The lowest BCUT2D eigenvalue weighted by molar-refractivity contribution is 0.104. The topological polar surface area (TPSA) is 12.5 Å². The van der Waals surface area contributed by atoms with Crippen LogP contribution in [0.1, 0.15) is 19.8 Å². The molecule has 2 nitrogen and oxygen atoms in total. The van der Waals surface area contributed by atoms with E-state index in [0.29, 0.717) is 0 Å². The molecule has 0 bridgehead atoms. The van der Waals surface area contributed by atoms with E-state index in [2.05, 4.69) is 11.8 Å². The highest BCUT2D eigenvalue weighted by Gasteiger charge is 2.19. The van der Waals surface area contributed by atoms with Crippen molar-refractivity contribution >= 4 is 0 Å². The third kappa shape index (κ3) is 2.95. The van der Waals surface area contributed by atoms with Crippen molar-refractivity contribution in [2.45, 2.75) is 25.9 Å². The van der Waals surface area contributed by atoms with Crippen molar-refractivity contribution in [3.8, 4) is 5.75 Å². The molecule has 1 aromatic carbocycles. The van der Waals surface area contributed by atoms with E-state index in [0.717, 1.165) is 38.2 Å². The van der Waals surface area contributed by atoms with Crippen LogP contribution in [0.2, 0.25) is 0 Å². The van der Waals surface area contributed by atoms with Crippen LogP contribution >= 0.6 is 0 Å². The summed E-state index contributed by atoms with van der Waals surface area (Å²) in [6.07, 6.45) is 2.41. The van der Waals surface area contributed by atoms with Crippen LogP contribution in [-0.2, 0) is 0 Å². The third-order valence-corrected chi connectivity index (χ3v) is 3.10. The van der Waals surface area contributed by atoms with Crippen molar-refractivity contribution in [1.82, 2.24) is 4.90 Å². The van der Waals surface area contributed by atoms with Gasteiger partial charge in [0.1, 0.15) is 17.7 Å². The zero-order valence-electron chi connectivity index (χ0n) is 9.66. The molecule has 3 heteroatoms. The molecule has 0 saturated carbocycles. The van der Waals surface area contributed by atoms with Gasteiger partial charge >= 0.3 is 0 Å². The number of hydrogen-bond donors (Lipinski definition) is 0. The molecule has 0 amide bonds. The van der Waals surface area contributed by atoms with E-state index in [1.165, 1.54) is 12.1 Å². The Bertz CT molecular complexity index is 317. The summed E-state index contributed by atoms with van der Waals surface area (Å²) in [4.78, 5) is 2.42. The molecule has 2 rings (SSSR count). The van der Waals surface area contributed by atoms with E-state index < -0.39 is 0 Å². The van der Waals surface area contributed by atoms with Gasteiger partial charge in [-0.1, -0.05) is 6.92 Å². The molecule has 0 radical (unpaired) electrons. The largest absolute Gasteiger partial charge is 0.490 e. The van der Waals surface area contributed by atoms with Gasteiger partial charge in [-0.05, 0) is 43.7 Å². The SMILES string of the molecule is CCN1CCC(Oc2ccc(F)cc2)CC1. The van der Waals surface area contributed by atoms with E-state index in [9.17, 15) is 4.39 Å². The Kier molecular flexibility index (Phi) is 3.78. The standard InChI is InChI=1S/C13H18FNO/c1-2-15-9-7-13(8-10-15)16-12-5-3-11(14)4-6-12/h3-6,13H,2,7-10H2,1H3. The molecule has 88 valence electrons. The van der Waals surface area contributed by atoms with Crippen LogP contribution < -0.4 is 4.74 Å². The average Bonchev–Trinajstić information content (AvgIpc) is 2.33. The Morgan fingerprint density at radius 2 is 1.88 bits per heavy atom. The molecule has 1 saturated heterocycles. The molecular weight excluding hydrogens is 205 g/mol. The molecule has 1 aliphatic heterocycles. The van der Waals surface area contributed by atoms with Crippen molar-refractivity contribution in [3.05, 3.63) is 30.1 Å². The van der Waals surface area contributed by atoms with Gasteiger partial charge in [-0.15, -0.1) is 0 Å². The summed E-state index contributed by atoms with van der Waals surface area (Å²) in [7, 11) is 0. The number of likely N-dealkylation sites (tertiary alicyclic amines) is 1. The third-order valence-electron chi connectivity index (χ3n) is 3.10. The first-order valence-corrected chi connectivity index (χ1v) is 5.92. The lowest BCUT2D eigenvalue weighted by Crippen LogP contribution is -2.37. The van der Waals surface area contributed by atoms with E-state index in [1.54, 1.807) is 12.1 Å². The first kappa shape index (κ1) is 11.4. The van der Waals surface area contributed by atoms with E-state index >= 15 is 0 Å². The first-order valence-electron chi connectivity index (χ1n) is 5.92. The fourth-order valence-corrected chi connectivity index (χ4v) is 2.05. The predicted octanol–water partition coefficient (Wildman–Crippen LogP) is 2.69. The molecular formula is C13H18FNO. The van der Waals surface area contributed by atoms with E-state index in [-0.39, 0.29) is 11.9 Å². The monoisotopic (exact) mass is 223 g/mol. The summed E-state index contributed by atoms with van der Waals surface area (Å²) in [6.45, 7) is 5.50. The Hall–Kier alpha value is -1.09. The predicted molar refractivity (Wildman–Crippen MR) is 62.2 cm³/mol. The average molecular weight is 223 g/mol. The second-order valence-corrected chi connectivity index (χ2v) is 4.21. The van der Waals surface area contributed by atoms with Gasteiger partial charge in [-0.25, -0.2) is 4.39 Å². The Balaban J connectivity index is 1.84. The van der Waals surface area contributed by atoms with E-state index in [4.69, 9.17) is 4.74 Å². The van der Waals surface area contributed by atoms with Crippen LogP contribution in [0.3, 0.4) is 0 Å². The molecule has 0 aliphatic carbocycles. The highest BCUT2D eigenvalue weighted by Crippen LogP contribution is 2.19. The van der Waals surface area contributed by atoms with Crippen LogP contribution in [0.25, 0.3) is 0 Å². The molecule has 0 aromatic heterocycles. The quantitative estimate of drug-likeness (QED) is 0.781. The zero-order valence-corrected chi connectivity index (χ0v) is 9.66. The van der Waals surface area contributed by atoms with Crippen LogP contribution in [0.15, 0.2) is 24.3 Å². The summed E-state index contributed by atoms with van der Waals surface area (Å²) in [6, 6.07) is 6.27. The van der Waals surface area contributed by atoms with Gasteiger partial charge in [0, 0.05) is 13.1 Å². The van der Waals surface area contributed by atoms with Crippen molar-refractivity contribution in [1.29, 1.82) is 0 Å². The molecule has 1 aromatic rings. The number of halogens is 1. The number of piperidine rings is 1. The van der Waals surface area contributed by atoms with Crippen LogP contribution in [0, 0.1) is 5.82 Å². The van der Waals surface area contributed by atoms with Crippen molar-refractivity contribution < 1.29 is 9.13 Å². The fourth-order valence-electron chi connectivity index (χ4n) is 2.05. The second-order valence-electron chi connectivity index (χ2n) is 4.21. The van der Waals surface area contributed by atoms with Gasteiger partial charge in [-0.3, -0.25) is 0 Å². The van der Waals surface area contributed by atoms with Crippen molar-refractivity contribution in [2.75, 3.05) is 19.6 Å². The van der Waals surface area contributed by atoms with Gasteiger partial charge in [0.25, 0.3) is 0 Å². The van der Waals surface area contributed by atoms with Crippen LogP contribution in [-0.4, -0.2) is 30.6 Å². The highest BCUT2D eigenvalue weighted by molar-refractivity contribution is 5.22. The second kappa shape index (κ2) is 5.30. The summed E-state index contributed by atoms with van der Waals surface area (Å²) < 4.78 is 18.5. The summed E-state index contributed by atoms with van der Waals surface area (Å²) in [5, 5.41) is 0. The number of ether oxygens (including phenoxy) is 1. The van der Waals surface area contributed by atoms with Crippen molar-refractivity contribution in [2.24, 2.45) is 0 Å². The highest BCUT2D eigenvalue weighted by atomic mass is 19.1. The number of nitrogens with zero attached hydrogens (tertiary/aromatic N) is 1. The summed E-state index contributed by atoms with van der Waals surface area (Å²) >= 11 is 0. The normalized spacial score (nSPS) is 18.6. The zero-order chi connectivity index (χ0) is 11.4. The van der Waals surface area contributed by atoms with Gasteiger partial charge < -0.3 is 9.64 Å². The van der Waals surface area contributed by atoms with Gasteiger partial charge in [0.2, 0.25) is 0 Å². The number of rotatable bonds is 3. The van der Waals surface area contributed by atoms with Gasteiger partial charge in [0.05, 0.1) is 0 Å². The smallest absolute Gasteiger partial charge is 0.123 e. The molecule has 1 heterocycles. The van der Waals surface area contributed by atoms with Crippen molar-refractivity contribution in [3.63, 3.8) is 0 Å². The Morgan fingerprint density at radius 3 is 2.44 bits per heavy atom. The number of hydrogen-bond acceptors (Lipinski definition) is 2. The maximum atomic E-state index is 12.7. The van der Waals surface area contributed by atoms with Crippen LogP contribution in [0.4, 0.5) is 4.39 Å². The minimum absolute atomic E-state index is 0.215. The maximum Gasteiger partial charge on any atom is 0.123 e. The lowest BCUT2D eigenvalue weighted by atomic mass is 10.1. The molecule has 1 fully saturated rings. The number of benzene rings is 1. The molecule has 0 spiro atoms. The van der Waals surface area contributed by atoms with Crippen LogP contribution in [0.5, 0.6) is 5.75 Å². The lowest BCUT2D eigenvalue weighted by Gasteiger charge is -2.31. The first-order chi connectivity index (χ1) is 7.78. The Morgan fingerprint density at radius 1 is 1.25 bits per heavy atom. The molecule has 16 heavy (non-hydrogen) atoms. The van der Waals surface area contributed by atoms with Gasteiger partial charge in [0.15, 0.2) is 0 Å². The fraction of sp³-hybridized carbons (Fsp3) is 0.538. The van der Waals surface area contributed by atoms with Gasteiger partial charge in [-0.2, -0.15) is 0 Å². The maximum absolute atomic E-state index is 12.7. The van der Waals surface area contributed by atoms with E-state index in [1.807, 2.05) is 0 Å². The molecule has 0 N–H and O–H groups in total. The Labute approximate surface area is 96.0 Å².